The first-order valence-electron chi connectivity index (χ1n) is 6.97. The van der Waals surface area contributed by atoms with E-state index < -0.39 is 0 Å². The predicted molar refractivity (Wildman–Crippen MR) is 89.5 cm³/mol. The van der Waals surface area contributed by atoms with Crippen LogP contribution in [-0.2, 0) is 0 Å². The van der Waals surface area contributed by atoms with Crippen LogP contribution in [0.3, 0.4) is 0 Å². The molecule has 1 aliphatic heterocycles. The first kappa shape index (κ1) is 15.3. The zero-order chi connectivity index (χ0) is 15.5. The summed E-state index contributed by atoms with van der Waals surface area (Å²) < 4.78 is 0. The van der Waals surface area contributed by atoms with E-state index in [1.165, 1.54) is 11.8 Å². The van der Waals surface area contributed by atoms with Gasteiger partial charge in [-0.3, -0.25) is 0 Å². The summed E-state index contributed by atoms with van der Waals surface area (Å²) in [4.78, 5) is 19.2. The Morgan fingerprint density at radius 2 is 1.91 bits per heavy atom. The summed E-state index contributed by atoms with van der Waals surface area (Å²) in [6, 6.07) is 3.66. The lowest BCUT2D eigenvalue weighted by Crippen LogP contribution is -2.45. The van der Waals surface area contributed by atoms with Crippen LogP contribution in [-0.4, -0.2) is 53.1 Å². The van der Waals surface area contributed by atoms with Gasteiger partial charge in [0.05, 0.1) is 4.90 Å². The average molecular weight is 337 g/mol. The zero-order valence-corrected chi connectivity index (χ0v) is 13.8. The maximum absolute atomic E-state index is 6.30. The molecule has 1 aliphatic rings. The van der Waals surface area contributed by atoms with E-state index in [1.807, 2.05) is 6.07 Å². The van der Waals surface area contributed by atoms with E-state index in [2.05, 4.69) is 31.8 Å². The fraction of sp³-hybridized carbons (Fsp3) is 0.357. The number of piperazine rings is 1. The van der Waals surface area contributed by atoms with Crippen LogP contribution in [0.2, 0.25) is 5.15 Å². The Morgan fingerprint density at radius 1 is 1.14 bits per heavy atom. The maximum atomic E-state index is 6.30. The number of halogens is 1. The minimum Gasteiger partial charge on any atom is -0.384 e. The molecule has 2 N–H and O–H groups in total. The predicted octanol–water partition coefficient (Wildman–Crippen LogP) is 2.01. The van der Waals surface area contributed by atoms with Gasteiger partial charge in [-0.2, -0.15) is 4.98 Å². The van der Waals surface area contributed by atoms with E-state index in [1.54, 1.807) is 18.5 Å². The number of likely N-dealkylation sites (N-methyl/N-ethyl adjacent to an activating group) is 1. The number of hydrogen-bond acceptors (Lipinski definition) is 7. The van der Waals surface area contributed by atoms with E-state index in [4.69, 9.17) is 17.3 Å². The van der Waals surface area contributed by atoms with E-state index >= 15 is 0 Å². The molecule has 0 radical (unpaired) electrons. The third-order valence-corrected chi connectivity index (χ3v) is 4.87. The molecule has 0 aromatic carbocycles. The molecule has 2 aromatic rings. The molecule has 3 heterocycles. The Labute approximate surface area is 138 Å². The number of nitrogens with zero attached hydrogens (tertiary/aromatic N) is 5. The molecule has 1 fully saturated rings. The second kappa shape index (κ2) is 6.68. The van der Waals surface area contributed by atoms with Crippen molar-refractivity contribution < 1.29 is 0 Å². The molecule has 0 unspecified atom stereocenters. The molecule has 2 aromatic heterocycles. The van der Waals surface area contributed by atoms with Gasteiger partial charge in [-0.25, -0.2) is 9.97 Å². The van der Waals surface area contributed by atoms with Crippen molar-refractivity contribution in [3.05, 3.63) is 29.7 Å². The molecular formula is C14H17ClN6S. The Kier molecular flexibility index (Phi) is 4.66. The van der Waals surface area contributed by atoms with Gasteiger partial charge in [-0.15, -0.1) is 0 Å². The summed E-state index contributed by atoms with van der Waals surface area (Å²) in [5.74, 6) is 1.19. The van der Waals surface area contributed by atoms with Crippen LogP contribution in [0, 0.1) is 0 Å². The number of rotatable bonds is 3. The number of hydrogen-bond donors (Lipinski definition) is 1. The van der Waals surface area contributed by atoms with Crippen LogP contribution in [0.5, 0.6) is 0 Å². The highest BCUT2D eigenvalue weighted by molar-refractivity contribution is 7.99. The molecule has 1 saturated heterocycles. The van der Waals surface area contributed by atoms with Gasteiger partial charge in [0, 0.05) is 43.5 Å². The van der Waals surface area contributed by atoms with Gasteiger partial charge in [0.15, 0.2) is 0 Å². The van der Waals surface area contributed by atoms with E-state index in [0.29, 0.717) is 16.9 Å². The molecule has 0 saturated carbocycles. The summed E-state index contributed by atoms with van der Waals surface area (Å²) in [5.41, 5.74) is 5.58. The van der Waals surface area contributed by atoms with Gasteiger partial charge >= 0.3 is 0 Å². The standard InChI is InChI=1S/C14H17ClN6S/c1-20-4-6-21(7-5-20)14-18-9-11(13(15)19-14)22-10-2-3-12(16)17-8-10/h2-3,8-9H,4-7H2,1H3,(H2,16,17). The second-order valence-corrected chi connectivity index (χ2v) is 6.61. The number of anilines is 2. The Morgan fingerprint density at radius 3 is 2.55 bits per heavy atom. The second-order valence-electron chi connectivity index (χ2n) is 5.14. The lowest BCUT2D eigenvalue weighted by molar-refractivity contribution is 0.311. The van der Waals surface area contributed by atoms with Crippen molar-refractivity contribution in [1.29, 1.82) is 0 Å². The fourth-order valence-corrected chi connectivity index (χ4v) is 3.12. The molecule has 0 amide bonds. The van der Waals surface area contributed by atoms with Crippen molar-refractivity contribution in [3.63, 3.8) is 0 Å². The van der Waals surface area contributed by atoms with Gasteiger partial charge in [-0.1, -0.05) is 23.4 Å². The van der Waals surface area contributed by atoms with Crippen molar-refractivity contribution in [3.8, 4) is 0 Å². The lowest BCUT2D eigenvalue weighted by atomic mass is 10.3. The molecule has 116 valence electrons. The molecule has 22 heavy (non-hydrogen) atoms. The van der Waals surface area contributed by atoms with Gasteiger partial charge < -0.3 is 15.5 Å². The highest BCUT2D eigenvalue weighted by atomic mass is 35.5. The van der Waals surface area contributed by atoms with Crippen molar-refractivity contribution in [2.45, 2.75) is 9.79 Å². The van der Waals surface area contributed by atoms with Crippen molar-refractivity contribution in [1.82, 2.24) is 19.9 Å². The van der Waals surface area contributed by atoms with Crippen molar-refractivity contribution >= 4 is 35.1 Å². The maximum Gasteiger partial charge on any atom is 0.226 e. The highest BCUT2D eigenvalue weighted by Crippen LogP contribution is 2.32. The molecule has 0 aliphatic carbocycles. The van der Waals surface area contributed by atoms with Crippen LogP contribution >= 0.6 is 23.4 Å². The highest BCUT2D eigenvalue weighted by Gasteiger charge is 2.17. The largest absolute Gasteiger partial charge is 0.384 e. The quantitative estimate of drug-likeness (QED) is 0.859. The van der Waals surface area contributed by atoms with Crippen molar-refractivity contribution in [2.75, 3.05) is 43.9 Å². The molecule has 0 spiro atoms. The molecular weight excluding hydrogens is 320 g/mol. The first-order valence-corrected chi connectivity index (χ1v) is 8.16. The third kappa shape index (κ3) is 3.60. The van der Waals surface area contributed by atoms with Gasteiger partial charge in [0.25, 0.3) is 0 Å². The lowest BCUT2D eigenvalue weighted by Gasteiger charge is -2.32. The minimum absolute atomic E-state index is 0.464. The Bertz CT molecular complexity index is 642. The Balaban J connectivity index is 1.73. The SMILES string of the molecule is CN1CCN(c2ncc(Sc3ccc(N)nc3)c(Cl)n2)CC1. The first-order chi connectivity index (χ1) is 10.6. The summed E-state index contributed by atoms with van der Waals surface area (Å²) in [6.07, 6.45) is 3.48. The average Bonchev–Trinajstić information content (AvgIpc) is 2.52. The topological polar surface area (TPSA) is 71.2 Å². The fourth-order valence-electron chi connectivity index (χ4n) is 2.15. The van der Waals surface area contributed by atoms with E-state index in [-0.39, 0.29) is 0 Å². The minimum atomic E-state index is 0.464. The van der Waals surface area contributed by atoms with E-state index in [9.17, 15) is 0 Å². The summed E-state index contributed by atoms with van der Waals surface area (Å²) in [7, 11) is 2.12. The summed E-state index contributed by atoms with van der Waals surface area (Å²) in [5, 5.41) is 0.464. The summed E-state index contributed by atoms with van der Waals surface area (Å²) in [6.45, 7) is 3.85. The van der Waals surface area contributed by atoms with Crippen LogP contribution in [0.25, 0.3) is 0 Å². The molecule has 3 rings (SSSR count). The zero-order valence-electron chi connectivity index (χ0n) is 12.2. The molecule has 0 bridgehead atoms. The summed E-state index contributed by atoms with van der Waals surface area (Å²) >= 11 is 7.78. The Hall–Kier alpha value is -1.57. The molecule has 6 nitrogen and oxygen atoms in total. The third-order valence-electron chi connectivity index (χ3n) is 3.47. The van der Waals surface area contributed by atoms with Gasteiger partial charge in [0.2, 0.25) is 5.95 Å². The van der Waals surface area contributed by atoms with Crippen LogP contribution in [0.1, 0.15) is 0 Å². The smallest absolute Gasteiger partial charge is 0.226 e. The number of aromatic nitrogens is 3. The number of nitrogens with two attached hydrogens (primary N) is 1. The molecule has 0 atom stereocenters. The monoisotopic (exact) mass is 336 g/mol. The van der Waals surface area contributed by atoms with Crippen LogP contribution in [0.4, 0.5) is 11.8 Å². The van der Waals surface area contributed by atoms with Crippen LogP contribution < -0.4 is 10.6 Å². The van der Waals surface area contributed by atoms with Crippen molar-refractivity contribution in [2.24, 2.45) is 0 Å². The van der Waals surface area contributed by atoms with Gasteiger partial charge in [-0.05, 0) is 19.2 Å². The van der Waals surface area contributed by atoms with E-state index in [0.717, 1.165) is 36.0 Å². The molecule has 8 heteroatoms. The van der Waals surface area contributed by atoms with Crippen LogP contribution in [0.15, 0.2) is 34.3 Å². The van der Waals surface area contributed by atoms with Gasteiger partial charge in [0.1, 0.15) is 11.0 Å². The number of nitrogen functional groups attached to an aromatic ring is 1. The normalized spacial score (nSPS) is 16.0. The number of pyridine rings is 1.